The quantitative estimate of drug-likeness (QED) is 0.0621. The molecule has 276 valence electrons. The maximum absolute atomic E-state index is 13.1. The minimum atomic E-state index is -0.479. The summed E-state index contributed by atoms with van der Waals surface area (Å²) in [6, 6.07) is 6.29. The Bertz CT molecular complexity index is 1210. The number of aryl methyl sites for hydroxylation is 1. The standard InChI is InChI=1S/C43H68N2O3.ClH/c1-4-5-6-7-8-9-10-11-12-13-14-15-16-17-18-19-20-22-26-36-33-39(47-41(46)27-25-32-45-30-23-21-24-31-45)42-37-35-44-29-28-38(37)43(2,3)48-40(42)34-36;/h28-29,33-35H,4-27,30-32H2,1-3H3;1H. The van der Waals surface area contributed by atoms with Crippen LogP contribution in [0.3, 0.4) is 0 Å². The molecule has 0 N–H and O–H groups in total. The van der Waals surface area contributed by atoms with Crippen LogP contribution < -0.4 is 9.47 Å². The first-order valence-corrected chi connectivity index (χ1v) is 20.2. The maximum atomic E-state index is 13.1. The first kappa shape index (κ1) is 41.3. The van der Waals surface area contributed by atoms with Crippen molar-refractivity contribution in [1.29, 1.82) is 0 Å². The number of hydrogen-bond acceptors (Lipinski definition) is 5. The van der Waals surface area contributed by atoms with Gasteiger partial charge < -0.3 is 14.4 Å². The topological polar surface area (TPSA) is 51.7 Å². The van der Waals surface area contributed by atoms with Crippen molar-refractivity contribution in [2.45, 2.75) is 180 Å². The molecule has 2 aliphatic heterocycles. The first-order chi connectivity index (χ1) is 23.5. The molecule has 6 heteroatoms. The highest BCUT2D eigenvalue weighted by Crippen LogP contribution is 2.49. The third-order valence-corrected chi connectivity index (χ3v) is 10.6. The van der Waals surface area contributed by atoms with E-state index in [0.29, 0.717) is 12.2 Å². The summed E-state index contributed by atoms with van der Waals surface area (Å²) in [5, 5.41) is 0. The third kappa shape index (κ3) is 14.6. The minimum absolute atomic E-state index is 0. The second-order valence-corrected chi connectivity index (χ2v) is 15.2. The second kappa shape index (κ2) is 23.4. The van der Waals surface area contributed by atoms with E-state index in [0.717, 1.165) is 61.3 Å². The van der Waals surface area contributed by atoms with Gasteiger partial charge in [0.15, 0.2) is 0 Å². The lowest BCUT2D eigenvalue weighted by Crippen LogP contribution is -2.31. The molecule has 0 bridgehead atoms. The molecule has 5 nitrogen and oxygen atoms in total. The fraction of sp³-hybridized carbons (Fsp3) is 0.721. The van der Waals surface area contributed by atoms with Crippen LogP contribution in [-0.4, -0.2) is 35.5 Å². The summed E-state index contributed by atoms with van der Waals surface area (Å²) in [5.41, 5.74) is 3.64. The van der Waals surface area contributed by atoms with Crippen LogP contribution in [0.2, 0.25) is 0 Å². The molecule has 49 heavy (non-hydrogen) atoms. The molecule has 1 saturated heterocycles. The van der Waals surface area contributed by atoms with Gasteiger partial charge in [-0.1, -0.05) is 122 Å². The van der Waals surface area contributed by atoms with Crippen molar-refractivity contribution in [3.05, 3.63) is 41.7 Å². The Kier molecular flexibility index (Phi) is 19.7. The number of piperidine rings is 1. The number of carbonyl (C=O) groups is 1. The Morgan fingerprint density at radius 2 is 1.37 bits per heavy atom. The van der Waals surface area contributed by atoms with Gasteiger partial charge in [-0.25, -0.2) is 0 Å². The number of carbonyl (C=O) groups excluding carboxylic acids is 1. The zero-order valence-corrected chi connectivity index (χ0v) is 32.3. The number of nitrogens with zero attached hydrogens (tertiary/aromatic N) is 2. The largest absolute Gasteiger partial charge is 0.482 e. The minimum Gasteiger partial charge on any atom is -0.482 e. The Balaban J connectivity index is 0.00000650. The van der Waals surface area contributed by atoms with Gasteiger partial charge in [-0.05, 0) is 89.3 Å². The highest BCUT2D eigenvalue weighted by Gasteiger charge is 2.35. The molecule has 4 rings (SSSR count). The van der Waals surface area contributed by atoms with Crippen molar-refractivity contribution < 1.29 is 14.3 Å². The molecule has 0 atom stereocenters. The Morgan fingerprint density at radius 1 is 0.796 bits per heavy atom. The van der Waals surface area contributed by atoms with Crippen molar-refractivity contribution in [3.8, 4) is 22.6 Å². The third-order valence-electron chi connectivity index (χ3n) is 10.6. The van der Waals surface area contributed by atoms with Gasteiger partial charge in [-0.3, -0.25) is 9.78 Å². The summed E-state index contributed by atoms with van der Waals surface area (Å²) in [7, 11) is 0. The van der Waals surface area contributed by atoms with E-state index >= 15 is 0 Å². The van der Waals surface area contributed by atoms with Gasteiger partial charge in [-0.15, -0.1) is 12.4 Å². The van der Waals surface area contributed by atoms with Crippen molar-refractivity contribution in [2.24, 2.45) is 0 Å². The van der Waals surface area contributed by atoms with E-state index in [9.17, 15) is 4.79 Å². The van der Waals surface area contributed by atoms with Gasteiger partial charge in [0.25, 0.3) is 0 Å². The van der Waals surface area contributed by atoms with Gasteiger partial charge in [0.2, 0.25) is 0 Å². The second-order valence-electron chi connectivity index (χ2n) is 15.2. The normalized spacial score (nSPS) is 15.2. The molecule has 1 aromatic heterocycles. The van der Waals surface area contributed by atoms with Gasteiger partial charge in [0, 0.05) is 29.9 Å². The maximum Gasteiger partial charge on any atom is 0.311 e. The molecule has 0 radical (unpaired) electrons. The molecule has 0 aliphatic carbocycles. The average Bonchev–Trinajstić information content (AvgIpc) is 3.08. The van der Waals surface area contributed by atoms with Gasteiger partial charge >= 0.3 is 5.97 Å². The fourth-order valence-corrected chi connectivity index (χ4v) is 7.70. The van der Waals surface area contributed by atoms with Crippen LogP contribution in [-0.2, 0) is 16.8 Å². The van der Waals surface area contributed by atoms with Crippen LogP contribution in [0.4, 0.5) is 0 Å². The predicted molar refractivity (Wildman–Crippen MR) is 208 cm³/mol. The summed E-state index contributed by atoms with van der Waals surface area (Å²) < 4.78 is 12.7. The van der Waals surface area contributed by atoms with Crippen LogP contribution in [0.1, 0.15) is 180 Å². The number of likely N-dealkylation sites (tertiary alicyclic amines) is 1. The monoisotopic (exact) mass is 696 g/mol. The van der Waals surface area contributed by atoms with Gasteiger partial charge in [0.1, 0.15) is 17.1 Å². The van der Waals surface area contributed by atoms with Crippen molar-refractivity contribution in [2.75, 3.05) is 19.6 Å². The average molecular weight is 697 g/mol. The molecule has 0 saturated carbocycles. The lowest BCUT2D eigenvalue weighted by Gasteiger charge is -2.35. The molecule has 3 heterocycles. The number of halogens is 1. The molecule has 1 fully saturated rings. The molecular formula is C43H69ClN2O3. The molecular weight excluding hydrogens is 628 g/mol. The van der Waals surface area contributed by atoms with E-state index in [1.54, 1.807) is 0 Å². The van der Waals surface area contributed by atoms with E-state index < -0.39 is 5.60 Å². The molecule has 2 aliphatic rings. The lowest BCUT2D eigenvalue weighted by molar-refractivity contribution is -0.134. The Labute approximate surface area is 306 Å². The number of hydrogen-bond donors (Lipinski definition) is 0. The van der Waals surface area contributed by atoms with Crippen molar-refractivity contribution >= 4 is 18.4 Å². The smallest absolute Gasteiger partial charge is 0.311 e. The zero-order chi connectivity index (χ0) is 33.9. The number of unbranched alkanes of at least 4 members (excludes halogenated alkanes) is 17. The van der Waals surface area contributed by atoms with Crippen LogP contribution in [0.5, 0.6) is 11.5 Å². The van der Waals surface area contributed by atoms with E-state index in [-0.39, 0.29) is 18.4 Å². The SMILES string of the molecule is CCCCCCCCCCCCCCCCCCCCc1cc(OC(=O)CCCN2CCCCC2)c2c(c1)OC(C)(C)c1ccncc1-2.Cl. The number of pyridine rings is 1. The molecule has 0 amide bonds. The van der Waals surface area contributed by atoms with Gasteiger partial charge in [-0.2, -0.15) is 0 Å². The van der Waals surface area contributed by atoms with Crippen LogP contribution >= 0.6 is 12.4 Å². The number of benzene rings is 1. The zero-order valence-electron chi connectivity index (χ0n) is 31.5. The van der Waals surface area contributed by atoms with Crippen molar-refractivity contribution in [1.82, 2.24) is 9.88 Å². The van der Waals surface area contributed by atoms with E-state index in [1.807, 2.05) is 18.5 Å². The number of esters is 1. The molecule has 0 spiro atoms. The first-order valence-electron chi connectivity index (χ1n) is 20.2. The summed E-state index contributed by atoms with van der Waals surface area (Å²) >= 11 is 0. The lowest BCUT2D eigenvalue weighted by atomic mass is 9.86. The molecule has 2 aromatic rings. The molecule has 0 unspecified atom stereocenters. The Morgan fingerprint density at radius 3 is 1.96 bits per heavy atom. The van der Waals surface area contributed by atoms with Crippen LogP contribution in [0.15, 0.2) is 30.6 Å². The van der Waals surface area contributed by atoms with Crippen LogP contribution in [0, 0.1) is 0 Å². The molecule has 1 aromatic carbocycles. The van der Waals surface area contributed by atoms with E-state index in [4.69, 9.17) is 9.47 Å². The number of rotatable bonds is 24. The fourth-order valence-electron chi connectivity index (χ4n) is 7.70. The number of fused-ring (bicyclic) bond motifs is 3. The number of ether oxygens (including phenoxy) is 2. The van der Waals surface area contributed by atoms with Gasteiger partial charge in [0.05, 0.1) is 5.56 Å². The summed E-state index contributed by atoms with van der Waals surface area (Å²) in [6.07, 6.45) is 34.7. The highest BCUT2D eigenvalue weighted by atomic mass is 35.5. The predicted octanol–water partition coefficient (Wildman–Crippen LogP) is 12.6. The van der Waals surface area contributed by atoms with Crippen LogP contribution in [0.25, 0.3) is 11.1 Å². The van der Waals surface area contributed by atoms with Crippen molar-refractivity contribution in [3.63, 3.8) is 0 Å². The summed E-state index contributed by atoms with van der Waals surface area (Å²) in [6.45, 7) is 9.77. The summed E-state index contributed by atoms with van der Waals surface area (Å²) in [4.78, 5) is 20.0. The summed E-state index contributed by atoms with van der Waals surface area (Å²) in [5.74, 6) is 1.27. The Hall–Kier alpha value is -2.11. The van der Waals surface area contributed by atoms with E-state index in [1.165, 1.54) is 134 Å². The van der Waals surface area contributed by atoms with E-state index in [2.05, 4.69) is 42.8 Å². The highest BCUT2D eigenvalue weighted by molar-refractivity contribution is 5.85. The number of aromatic nitrogens is 1.